The van der Waals surface area contributed by atoms with Gasteiger partial charge in [0.25, 0.3) is 0 Å². The van der Waals surface area contributed by atoms with Gasteiger partial charge in [-0.1, -0.05) is 6.42 Å². The lowest BCUT2D eigenvalue weighted by atomic mass is 10.2. The molecule has 0 spiro atoms. The normalized spacial score (nSPS) is 10.5. The molecular formula is C14H23N3O2. The molecule has 1 aromatic heterocycles. The molecule has 0 fully saturated rings. The number of carbonyl (C=O) groups is 1. The topological polar surface area (TPSA) is 77.2 Å². The Bertz CT molecular complexity index is 394. The molecule has 0 saturated heterocycles. The summed E-state index contributed by atoms with van der Waals surface area (Å²) in [7, 11) is 0. The average Bonchev–Trinajstić information content (AvgIpc) is 2.36. The molecule has 0 unspecified atom stereocenters. The summed E-state index contributed by atoms with van der Waals surface area (Å²) in [5.41, 5.74) is 6.03. The molecule has 1 amide bonds. The maximum atomic E-state index is 11.8. The molecule has 0 radical (unpaired) electrons. The molecule has 3 N–H and O–H groups in total. The minimum atomic E-state index is -0.0152. The summed E-state index contributed by atoms with van der Waals surface area (Å²) >= 11 is 0. The van der Waals surface area contributed by atoms with Crippen molar-refractivity contribution in [1.82, 2.24) is 4.98 Å². The van der Waals surface area contributed by atoms with E-state index in [0.29, 0.717) is 24.5 Å². The molecule has 0 aliphatic heterocycles. The van der Waals surface area contributed by atoms with Gasteiger partial charge >= 0.3 is 0 Å². The van der Waals surface area contributed by atoms with E-state index in [4.69, 9.17) is 10.5 Å². The highest BCUT2D eigenvalue weighted by Crippen LogP contribution is 2.22. The van der Waals surface area contributed by atoms with Gasteiger partial charge < -0.3 is 15.8 Å². The standard InChI is InChI=1S/C14H23N3O2/c1-11(2)19-14-12(7-6-10-16-14)17-13(18)8-4-3-5-9-15/h6-7,10-11H,3-5,8-9,15H2,1-2H3,(H,17,18). The summed E-state index contributed by atoms with van der Waals surface area (Å²) in [6.45, 7) is 4.52. The van der Waals surface area contributed by atoms with Crippen molar-refractivity contribution in [2.45, 2.75) is 45.6 Å². The molecule has 5 heteroatoms. The van der Waals surface area contributed by atoms with Crippen LogP contribution in [0.25, 0.3) is 0 Å². The SMILES string of the molecule is CC(C)Oc1ncccc1NC(=O)CCCCCN. The van der Waals surface area contributed by atoms with Gasteiger partial charge in [0.05, 0.1) is 6.10 Å². The molecule has 0 bridgehead atoms. The Morgan fingerprint density at radius 3 is 2.89 bits per heavy atom. The third kappa shape index (κ3) is 6.20. The fraction of sp³-hybridized carbons (Fsp3) is 0.571. The lowest BCUT2D eigenvalue weighted by Crippen LogP contribution is -2.15. The second-order valence-corrected chi connectivity index (χ2v) is 4.67. The maximum Gasteiger partial charge on any atom is 0.238 e. The number of rotatable bonds is 8. The number of nitrogens with two attached hydrogens (primary N) is 1. The fourth-order valence-corrected chi connectivity index (χ4v) is 1.62. The molecule has 1 aromatic rings. The van der Waals surface area contributed by atoms with Crippen LogP contribution < -0.4 is 15.8 Å². The largest absolute Gasteiger partial charge is 0.473 e. The third-order valence-electron chi connectivity index (χ3n) is 2.50. The molecule has 19 heavy (non-hydrogen) atoms. The predicted molar refractivity (Wildman–Crippen MR) is 76.2 cm³/mol. The Balaban J connectivity index is 2.49. The van der Waals surface area contributed by atoms with Gasteiger partial charge in [0.15, 0.2) is 0 Å². The zero-order chi connectivity index (χ0) is 14.1. The predicted octanol–water partition coefficient (Wildman–Crippen LogP) is 2.33. The number of carbonyl (C=O) groups excluding carboxylic acids is 1. The third-order valence-corrected chi connectivity index (χ3v) is 2.50. The van der Waals surface area contributed by atoms with Crippen LogP contribution in [0.1, 0.15) is 39.5 Å². The lowest BCUT2D eigenvalue weighted by molar-refractivity contribution is -0.116. The van der Waals surface area contributed by atoms with Gasteiger partial charge in [0, 0.05) is 12.6 Å². The van der Waals surface area contributed by atoms with Crippen molar-refractivity contribution < 1.29 is 9.53 Å². The molecule has 1 heterocycles. The highest BCUT2D eigenvalue weighted by Gasteiger charge is 2.09. The van der Waals surface area contributed by atoms with Crippen molar-refractivity contribution in [2.24, 2.45) is 5.73 Å². The van der Waals surface area contributed by atoms with Crippen LogP contribution in [0, 0.1) is 0 Å². The monoisotopic (exact) mass is 265 g/mol. The van der Waals surface area contributed by atoms with Crippen LogP contribution in [0.4, 0.5) is 5.69 Å². The molecular weight excluding hydrogens is 242 g/mol. The number of unbranched alkanes of at least 4 members (excludes halogenated alkanes) is 2. The number of aromatic nitrogens is 1. The van der Waals surface area contributed by atoms with E-state index in [1.165, 1.54) is 0 Å². The van der Waals surface area contributed by atoms with E-state index >= 15 is 0 Å². The van der Waals surface area contributed by atoms with E-state index in [-0.39, 0.29) is 12.0 Å². The molecule has 0 saturated carbocycles. The van der Waals surface area contributed by atoms with Crippen molar-refractivity contribution in [1.29, 1.82) is 0 Å². The second-order valence-electron chi connectivity index (χ2n) is 4.67. The average molecular weight is 265 g/mol. The lowest BCUT2D eigenvalue weighted by Gasteiger charge is -2.13. The van der Waals surface area contributed by atoms with Gasteiger partial charge in [0.1, 0.15) is 5.69 Å². The van der Waals surface area contributed by atoms with Gasteiger partial charge in [-0.2, -0.15) is 0 Å². The molecule has 5 nitrogen and oxygen atoms in total. The van der Waals surface area contributed by atoms with E-state index in [1.54, 1.807) is 18.3 Å². The summed E-state index contributed by atoms with van der Waals surface area (Å²) < 4.78 is 5.55. The zero-order valence-electron chi connectivity index (χ0n) is 11.7. The van der Waals surface area contributed by atoms with E-state index in [1.807, 2.05) is 13.8 Å². The summed E-state index contributed by atoms with van der Waals surface area (Å²) in [6, 6.07) is 3.57. The van der Waals surface area contributed by atoms with E-state index in [9.17, 15) is 4.79 Å². The number of hydrogen-bond acceptors (Lipinski definition) is 4. The van der Waals surface area contributed by atoms with Gasteiger partial charge in [-0.05, 0) is 45.4 Å². The Morgan fingerprint density at radius 1 is 1.42 bits per heavy atom. The smallest absolute Gasteiger partial charge is 0.238 e. The molecule has 0 aliphatic rings. The Morgan fingerprint density at radius 2 is 2.21 bits per heavy atom. The van der Waals surface area contributed by atoms with E-state index in [0.717, 1.165) is 19.3 Å². The van der Waals surface area contributed by atoms with Gasteiger partial charge in [-0.3, -0.25) is 4.79 Å². The van der Waals surface area contributed by atoms with Crippen LogP contribution in [-0.2, 0) is 4.79 Å². The number of hydrogen-bond donors (Lipinski definition) is 2. The van der Waals surface area contributed by atoms with Gasteiger partial charge in [0.2, 0.25) is 11.8 Å². The summed E-state index contributed by atoms with van der Waals surface area (Å²) in [6.07, 6.45) is 4.96. The van der Waals surface area contributed by atoms with Crippen LogP contribution >= 0.6 is 0 Å². The highest BCUT2D eigenvalue weighted by atomic mass is 16.5. The van der Waals surface area contributed by atoms with Crippen LogP contribution in [0.2, 0.25) is 0 Å². The maximum absolute atomic E-state index is 11.8. The number of anilines is 1. The number of ether oxygens (including phenoxy) is 1. The van der Waals surface area contributed by atoms with Crippen LogP contribution in [-0.4, -0.2) is 23.5 Å². The minimum absolute atomic E-state index is 0.0152. The van der Waals surface area contributed by atoms with E-state index in [2.05, 4.69) is 10.3 Å². The minimum Gasteiger partial charge on any atom is -0.473 e. The van der Waals surface area contributed by atoms with Gasteiger partial charge in [-0.25, -0.2) is 4.98 Å². The molecule has 0 atom stereocenters. The number of nitrogens with one attached hydrogen (secondary N) is 1. The van der Waals surface area contributed by atoms with Crippen LogP contribution in [0.5, 0.6) is 5.88 Å². The van der Waals surface area contributed by atoms with Crippen molar-refractivity contribution in [2.75, 3.05) is 11.9 Å². The highest BCUT2D eigenvalue weighted by molar-refractivity contribution is 5.91. The molecule has 106 valence electrons. The summed E-state index contributed by atoms with van der Waals surface area (Å²) in [5, 5.41) is 2.84. The fourth-order valence-electron chi connectivity index (χ4n) is 1.62. The summed E-state index contributed by atoms with van der Waals surface area (Å²) in [5.74, 6) is 0.450. The first-order valence-corrected chi connectivity index (χ1v) is 6.75. The zero-order valence-corrected chi connectivity index (χ0v) is 11.7. The van der Waals surface area contributed by atoms with Crippen LogP contribution in [0.15, 0.2) is 18.3 Å². The second kappa shape index (κ2) is 8.48. The van der Waals surface area contributed by atoms with E-state index < -0.39 is 0 Å². The first kappa shape index (κ1) is 15.4. The Hall–Kier alpha value is -1.62. The van der Waals surface area contributed by atoms with Crippen molar-refractivity contribution in [3.05, 3.63) is 18.3 Å². The first-order chi connectivity index (χ1) is 9.13. The molecule has 0 aromatic carbocycles. The number of amides is 1. The van der Waals surface area contributed by atoms with Crippen molar-refractivity contribution in [3.8, 4) is 5.88 Å². The quantitative estimate of drug-likeness (QED) is 0.707. The Kier molecular flexibility index (Phi) is 6.89. The Labute approximate surface area is 114 Å². The first-order valence-electron chi connectivity index (χ1n) is 6.75. The molecule has 1 rings (SSSR count). The van der Waals surface area contributed by atoms with Gasteiger partial charge in [-0.15, -0.1) is 0 Å². The molecule has 0 aliphatic carbocycles. The number of pyridine rings is 1. The van der Waals surface area contributed by atoms with Crippen molar-refractivity contribution >= 4 is 11.6 Å². The number of nitrogens with zero attached hydrogens (tertiary/aromatic N) is 1. The van der Waals surface area contributed by atoms with Crippen molar-refractivity contribution in [3.63, 3.8) is 0 Å². The summed E-state index contributed by atoms with van der Waals surface area (Å²) in [4.78, 5) is 15.9. The van der Waals surface area contributed by atoms with Crippen LogP contribution in [0.3, 0.4) is 0 Å².